The average Bonchev–Trinajstić information content (AvgIpc) is 3.19. The number of rotatable bonds is 3. The van der Waals surface area contributed by atoms with Crippen LogP contribution in [0.1, 0.15) is 50.8 Å². The van der Waals surface area contributed by atoms with Gasteiger partial charge < -0.3 is 14.8 Å². The Kier molecular flexibility index (Phi) is 5.07. The second-order valence-corrected chi connectivity index (χ2v) is 9.78. The number of hydrogen-bond acceptors (Lipinski definition) is 6. The zero-order chi connectivity index (χ0) is 23.3. The fraction of sp³-hybridized carbons (Fsp3) is 0.385. The molecule has 33 heavy (non-hydrogen) atoms. The Morgan fingerprint density at radius 3 is 2.67 bits per heavy atom. The van der Waals surface area contributed by atoms with Crippen LogP contribution in [-0.2, 0) is 9.59 Å². The van der Waals surface area contributed by atoms with Crippen LogP contribution in [0.25, 0.3) is 0 Å². The molecular formula is C26H27N3O4. The highest BCUT2D eigenvalue weighted by molar-refractivity contribution is 6.13. The molecule has 1 aromatic carbocycles. The normalized spacial score (nSPS) is 23.2. The lowest BCUT2D eigenvalue weighted by atomic mass is 9.66. The molecule has 3 aliphatic rings. The predicted molar refractivity (Wildman–Crippen MR) is 125 cm³/mol. The van der Waals surface area contributed by atoms with E-state index in [-0.39, 0.29) is 23.9 Å². The quantitative estimate of drug-likeness (QED) is 0.747. The molecule has 1 aliphatic carbocycles. The number of benzene rings is 1. The minimum absolute atomic E-state index is 0.0478. The zero-order valence-corrected chi connectivity index (χ0v) is 19.3. The number of ether oxygens (including phenoxy) is 2. The third kappa shape index (κ3) is 3.92. The molecule has 0 saturated heterocycles. The van der Waals surface area contributed by atoms with Crippen LogP contribution in [0.15, 0.2) is 52.7 Å². The third-order valence-corrected chi connectivity index (χ3v) is 6.48. The van der Waals surface area contributed by atoms with Gasteiger partial charge in [0.1, 0.15) is 5.82 Å². The maximum Gasteiger partial charge on any atom is 0.235 e. The molecule has 2 atom stereocenters. The van der Waals surface area contributed by atoms with Gasteiger partial charge in [-0.15, -0.1) is 0 Å². The molecule has 0 fully saturated rings. The Morgan fingerprint density at radius 2 is 1.88 bits per heavy atom. The number of aromatic nitrogens is 1. The summed E-state index contributed by atoms with van der Waals surface area (Å²) in [5.41, 5.74) is 3.59. The summed E-state index contributed by atoms with van der Waals surface area (Å²) >= 11 is 0. The number of hydrogen-bond donors (Lipinski definition) is 1. The number of carbonyl (C=O) groups excluding carboxylic acids is 2. The fourth-order valence-corrected chi connectivity index (χ4v) is 5.07. The SMILES string of the molecule is CC1=NC2=C(C(=O)CC(C)(C)C2)[C@@H](c2ccc3c(c2)OCO3)C1C(=O)Nc1cccc(C)n1. The van der Waals surface area contributed by atoms with Gasteiger partial charge >= 0.3 is 0 Å². The van der Waals surface area contributed by atoms with Crippen molar-refractivity contribution in [2.24, 2.45) is 16.3 Å². The maximum absolute atomic E-state index is 13.6. The fourth-order valence-electron chi connectivity index (χ4n) is 5.07. The molecule has 1 unspecified atom stereocenters. The molecule has 0 bridgehead atoms. The van der Waals surface area contributed by atoms with Crippen LogP contribution in [-0.4, -0.2) is 29.2 Å². The lowest BCUT2D eigenvalue weighted by molar-refractivity contribution is -0.119. The van der Waals surface area contributed by atoms with Gasteiger partial charge in [0.05, 0.1) is 5.92 Å². The lowest BCUT2D eigenvalue weighted by Crippen LogP contribution is -2.41. The van der Waals surface area contributed by atoms with Crippen molar-refractivity contribution in [1.29, 1.82) is 0 Å². The molecule has 3 heterocycles. The largest absolute Gasteiger partial charge is 0.454 e. The number of carbonyl (C=O) groups is 2. The van der Waals surface area contributed by atoms with Crippen molar-refractivity contribution < 1.29 is 19.1 Å². The van der Waals surface area contributed by atoms with E-state index >= 15 is 0 Å². The molecule has 170 valence electrons. The molecule has 2 aromatic rings. The van der Waals surface area contributed by atoms with Gasteiger partial charge in [0.15, 0.2) is 17.3 Å². The summed E-state index contributed by atoms with van der Waals surface area (Å²) in [5, 5.41) is 2.94. The van der Waals surface area contributed by atoms with Gasteiger partial charge in [-0.3, -0.25) is 14.6 Å². The van der Waals surface area contributed by atoms with Crippen LogP contribution in [0, 0.1) is 18.3 Å². The summed E-state index contributed by atoms with van der Waals surface area (Å²) in [6.45, 7) is 8.06. The molecule has 1 N–H and O–H groups in total. The molecule has 7 heteroatoms. The third-order valence-electron chi connectivity index (χ3n) is 6.48. The van der Waals surface area contributed by atoms with E-state index < -0.39 is 11.8 Å². The Labute approximate surface area is 192 Å². The van der Waals surface area contributed by atoms with E-state index in [1.165, 1.54) is 0 Å². The Hall–Kier alpha value is -3.48. The number of amides is 1. The monoisotopic (exact) mass is 445 g/mol. The number of ketones is 1. The minimum Gasteiger partial charge on any atom is -0.454 e. The number of anilines is 1. The first kappa shape index (κ1) is 21.4. The highest BCUT2D eigenvalue weighted by Gasteiger charge is 2.45. The van der Waals surface area contributed by atoms with E-state index in [1.54, 1.807) is 6.07 Å². The van der Waals surface area contributed by atoms with Crippen molar-refractivity contribution in [3.63, 3.8) is 0 Å². The minimum atomic E-state index is -0.642. The van der Waals surface area contributed by atoms with Crippen LogP contribution >= 0.6 is 0 Å². The highest BCUT2D eigenvalue weighted by Crippen LogP contribution is 2.49. The summed E-state index contributed by atoms with van der Waals surface area (Å²) in [5.74, 6) is 0.478. The van der Waals surface area contributed by atoms with Crippen molar-refractivity contribution in [3.8, 4) is 11.5 Å². The number of fused-ring (bicyclic) bond motifs is 1. The summed E-state index contributed by atoms with van der Waals surface area (Å²) in [7, 11) is 0. The maximum atomic E-state index is 13.6. The molecule has 1 amide bonds. The van der Waals surface area contributed by atoms with Crippen molar-refractivity contribution in [3.05, 3.63) is 58.9 Å². The van der Waals surface area contributed by atoms with E-state index in [0.29, 0.717) is 41.4 Å². The molecule has 0 spiro atoms. The molecule has 0 radical (unpaired) electrons. The first-order valence-corrected chi connectivity index (χ1v) is 11.2. The van der Waals surface area contributed by atoms with Crippen molar-refractivity contribution >= 4 is 23.2 Å². The van der Waals surface area contributed by atoms with Crippen LogP contribution in [0.4, 0.5) is 5.82 Å². The number of pyridine rings is 1. The molecule has 0 saturated carbocycles. The Morgan fingerprint density at radius 1 is 1.09 bits per heavy atom. The highest BCUT2D eigenvalue weighted by atomic mass is 16.7. The predicted octanol–water partition coefficient (Wildman–Crippen LogP) is 4.57. The number of nitrogens with one attached hydrogen (secondary N) is 1. The van der Waals surface area contributed by atoms with Crippen molar-refractivity contribution in [2.75, 3.05) is 12.1 Å². The van der Waals surface area contributed by atoms with Gasteiger partial charge in [-0.2, -0.15) is 0 Å². The van der Waals surface area contributed by atoms with Crippen LogP contribution in [0.3, 0.4) is 0 Å². The smallest absolute Gasteiger partial charge is 0.235 e. The summed E-state index contributed by atoms with van der Waals surface area (Å²) < 4.78 is 11.1. The van der Waals surface area contributed by atoms with Crippen LogP contribution < -0.4 is 14.8 Å². The molecule has 2 aliphatic heterocycles. The number of nitrogens with zero attached hydrogens (tertiary/aromatic N) is 2. The molecule has 7 nitrogen and oxygen atoms in total. The molecule has 1 aromatic heterocycles. The second kappa shape index (κ2) is 7.83. The summed E-state index contributed by atoms with van der Waals surface area (Å²) in [4.78, 5) is 36.2. The standard InChI is InChI=1S/C26H27N3O4/c1-14-6-5-7-21(27-14)29-25(31)22-15(2)28-17-11-26(3,4)12-18(30)24(17)23(22)16-8-9-19-20(10-16)33-13-32-19/h5-10,22-23H,11-13H2,1-4H3,(H,27,29,31)/t22?,23-/m0/s1. The summed E-state index contributed by atoms with van der Waals surface area (Å²) in [6, 6.07) is 11.1. The van der Waals surface area contributed by atoms with Crippen LogP contribution in [0.2, 0.25) is 0 Å². The topological polar surface area (TPSA) is 89.9 Å². The van der Waals surface area contributed by atoms with E-state index in [4.69, 9.17) is 14.5 Å². The van der Waals surface area contributed by atoms with Gasteiger partial charge in [0, 0.05) is 35.0 Å². The first-order chi connectivity index (χ1) is 15.7. The Bertz CT molecular complexity index is 1230. The lowest BCUT2D eigenvalue weighted by Gasteiger charge is -2.39. The number of aliphatic imine (C=N–C) groups is 1. The van der Waals surface area contributed by atoms with Crippen molar-refractivity contribution in [1.82, 2.24) is 4.98 Å². The van der Waals surface area contributed by atoms with Gasteiger partial charge in [0.25, 0.3) is 0 Å². The number of Topliss-reactive ketones (excluding diaryl/α,β-unsaturated/α-hetero) is 1. The van der Waals surface area contributed by atoms with Crippen LogP contribution in [0.5, 0.6) is 11.5 Å². The van der Waals surface area contributed by atoms with Gasteiger partial charge in [-0.05, 0) is 55.5 Å². The average molecular weight is 446 g/mol. The van der Waals surface area contributed by atoms with Crippen molar-refractivity contribution in [2.45, 2.75) is 46.5 Å². The molecule has 5 rings (SSSR count). The summed E-state index contributed by atoms with van der Waals surface area (Å²) in [6.07, 6.45) is 1.12. The van der Waals surface area contributed by atoms with E-state index in [1.807, 2.05) is 44.2 Å². The van der Waals surface area contributed by atoms with E-state index in [0.717, 1.165) is 17.0 Å². The van der Waals surface area contributed by atoms with Gasteiger partial charge in [-0.1, -0.05) is 26.0 Å². The molecular weight excluding hydrogens is 418 g/mol. The van der Waals surface area contributed by atoms with Gasteiger partial charge in [0.2, 0.25) is 12.7 Å². The number of aryl methyl sites for hydroxylation is 1. The zero-order valence-electron chi connectivity index (χ0n) is 19.3. The first-order valence-electron chi connectivity index (χ1n) is 11.2. The second-order valence-electron chi connectivity index (χ2n) is 9.78. The Balaban J connectivity index is 1.60. The van der Waals surface area contributed by atoms with E-state index in [2.05, 4.69) is 24.1 Å². The van der Waals surface area contributed by atoms with E-state index in [9.17, 15) is 9.59 Å². The number of allylic oxidation sites excluding steroid dienone is 2. The van der Waals surface area contributed by atoms with Gasteiger partial charge in [-0.25, -0.2) is 4.98 Å².